The van der Waals surface area contributed by atoms with Gasteiger partial charge in [-0.25, -0.2) is 0 Å². The van der Waals surface area contributed by atoms with Crippen molar-refractivity contribution >= 4 is 17.0 Å². The monoisotopic (exact) mass is 248 g/mol. The van der Waals surface area contributed by atoms with Crippen LogP contribution in [0, 0.1) is 5.92 Å². The number of carbonyl (C=O) groups is 1. The molecule has 18 heavy (non-hydrogen) atoms. The second-order valence-corrected chi connectivity index (χ2v) is 5.27. The van der Waals surface area contributed by atoms with E-state index in [0.29, 0.717) is 18.2 Å². The first kappa shape index (κ1) is 12.7. The number of fused-ring (bicyclic) bond motifs is 1. The van der Waals surface area contributed by atoms with Crippen molar-refractivity contribution in [1.82, 2.24) is 9.88 Å². The summed E-state index contributed by atoms with van der Waals surface area (Å²) in [5.41, 5.74) is 2.40. The van der Waals surface area contributed by atoms with E-state index in [9.17, 15) is 4.79 Å². The van der Waals surface area contributed by atoms with E-state index in [-0.39, 0.29) is 11.9 Å². The molecule has 4 heteroatoms. The summed E-state index contributed by atoms with van der Waals surface area (Å²) in [6, 6.07) is 3.93. The molecule has 0 aliphatic rings. The predicted octanol–water partition coefficient (Wildman–Crippen LogP) is 3.20. The Balaban J connectivity index is 2.34. The van der Waals surface area contributed by atoms with Crippen LogP contribution in [0.1, 0.15) is 44.2 Å². The molecule has 0 aliphatic carbocycles. The largest absolute Gasteiger partial charge is 0.463 e. The number of amides is 1. The van der Waals surface area contributed by atoms with Gasteiger partial charge in [-0.1, -0.05) is 13.8 Å². The molecule has 0 fully saturated rings. The molecule has 2 rings (SSSR count). The average Bonchev–Trinajstić information content (AvgIpc) is 2.83. The Kier molecular flexibility index (Phi) is 3.45. The summed E-state index contributed by atoms with van der Waals surface area (Å²) in [6.45, 7) is 8.96. The predicted molar refractivity (Wildman–Crippen MR) is 71.8 cm³/mol. The van der Waals surface area contributed by atoms with Crippen molar-refractivity contribution in [3.05, 3.63) is 24.1 Å². The number of nitrogens with zero attached hydrogens (tertiary/aromatic N) is 1. The number of aromatic nitrogens is 1. The summed E-state index contributed by atoms with van der Waals surface area (Å²) in [4.78, 5) is 12.2. The van der Waals surface area contributed by atoms with Crippen molar-refractivity contribution in [2.24, 2.45) is 5.92 Å². The van der Waals surface area contributed by atoms with Crippen LogP contribution in [-0.2, 0) is 0 Å². The molecule has 0 aliphatic heterocycles. The summed E-state index contributed by atoms with van der Waals surface area (Å²) < 4.78 is 7.37. The Morgan fingerprint density at radius 1 is 1.39 bits per heavy atom. The van der Waals surface area contributed by atoms with Gasteiger partial charge >= 0.3 is 0 Å². The lowest BCUT2D eigenvalue weighted by molar-refractivity contribution is 0.0938. The minimum Gasteiger partial charge on any atom is -0.463 e. The summed E-state index contributed by atoms with van der Waals surface area (Å²) in [6.07, 6.45) is 1.65. The van der Waals surface area contributed by atoms with Gasteiger partial charge in [0.05, 0.1) is 11.8 Å². The van der Waals surface area contributed by atoms with Crippen molar-refractivity contribution in [2.45, 2.75) is 33.7 Å². The summed E-state index contributed by atoms with van der Waals surface area (Å²) >= 11 is 0. The van der Waals surface area contributed by atoms with Gasteiger partial charge in [-0.2, -0.15) is 0 Å². The van der Waals surface area contributed by atoms with E-state index in [1.807, 2.05) is 16.7 Å². The lowest BCUT2D eigenvalue weighted by Gasteiger charge is -2.14. The van der Waals surface area contributed by atoms with Gasteiger partial charge in [0.1, 0.15) is 5.69 Å². The zero-order valence-electron chi connectivity index (χ0n) is 11.4. The molecule has 2 aromatic rings. The van der Waals surface area contributed by atoms with Crippen molar-refractivity contribution in [1.29, 1.82) is 0 Å². The van der Waals surface area contributed by atoms with Crippen molar-refractivity contribution in [2.75, 3.05) is 6.54 Å². The Labute approximate surface area is 107 Å². The van der Waals surface area contributed by atoms with Crippen LogP contribution in [0.15, 0.2) is 22.8 Å². The Morgan fingerprint density at radius 2 is 2.11 bits per heavy atom. The molecule has 0 atom stereocenters. The van der Waals surface area contributed by atoms with Gasteiger partial charge in [0, 0.05) is 24.7 Å². The highest BCUT2D eigenvalue weighted by Gasteiger charge is 2.18. The highest BCUT2D eigenvalue weighted by Crippen LogP contribution is 2.24. The van der Waals surface area contributed by atoms with Gasteiger partial charge in [0.2, 0.25) is 0 Å². The second kappa shape index (κ2) is 4.88. The smallest absolute Gasteiger partial charge is 0.268 e. The lowest BCUT2D eigenvalue weighted by atomic mass is 10.2. The van der Waals surface area contributed by atoms with Gasteiger partial charge < -0.3 is 14.3 Å². The van der Waals surface area contributed by atoms with E-state index in [2.05, 4.69) is 33.0 Å². The van der Waals surface area contributed by atoms with Gasteiger partial charge in [0.25, 0.3) is 5.91 Å². The van der Waals surface area contributed by atoms with Crippen LogP contribution < -0.4 is 5.32 Å². The van der Waals surface area contributed by atoms with Crippen LogP contribution >= 0.6 is 0 Å². The maximum atomic E-state index is 12.2. The molecule has 0 bridgehead atoms. The molecule has 98 valence electrons. The molecular weight excluding hydrogens is 228 g/mol. The number of nitrogens with one attached hydrogen (secondary N) is 1. The van der Waals surface area contributed by atoms with Crippen LogP contribution in [0.25, 0.3) is 11.1 Å². The molecule has 0 saturated heterocycles. The fourth-order valence-electron chi connectivity index (χ4n) is 2.06. The second-order valence-electron chi connectivity index (χ2n) is 5.27. The Bertz CT molecular complexity index is 549. The lowest BCUT2D eigenvalue weighted by Crippen LogP contribution is -2.29. The zero-order chi connectivity index (χ0) is 13.3. The normalized spacial score (nSPS) is 11.7. The molecule has 0 unspecified atom stereocenters. The van der Waals surface area contributed by atoms with Crippen LogP contribution in [0.5, 0.6) is 0 Å². The number of hydrogen-bond donors (Lipinski definition) is 1. The van der Waals surface area contributed by atoms with Crippen LogP contribution in [0.3, 0.4) is 0 Å². The van der Waals surface area contributed by atoms with E-state index in [1.54, 1.807) is 6.26 Å². The topological polar surface area (TPSA) is 47.2 Å². The third-order valence-corrected chi connectivity index (χ3v) is 2.88. The highest BCUT2D eigenvalue weighted by atomic mass is 16.3. The minimum absolute atomic E-state index is 0.0381. The Hall–Kier alpha value is -1.71. The maximum Gasteiger partial charge on any atom is 0.268 e. The van der Waals surface area contributed by atoms with Gasteiger partial charge in [-0.3, -0.25) is 4.79 Å². The third kappa shape index (κ3) is 2.28. The SMILES string of the molecule is CC(C)CNC(=O)c1cc2occc2n1C(C)C. The molecule has 0 spiro atoms. The quantitative estimate of drug-likeness (QED) is 0.903. The fourth-order valence-corrected chi connectivity index (χ4v) is 2.06. The standard InChI is InChI=1S/C14H20N2O2/c1-9(2)8-15-14(17)12-7-13-11(5-6-18-13)16(12)10(3)4/h5-7,9-10H,8H2,1-4H3,(H,15,17). The first-order valence-corrected chi connectivity index (χ1v) is 6.37. The number of carbonyl (C=O) groups excluding carboxylic acids is 1. The van der Waals surface area contributed by atoms with E-state index in [1.165, 1.54) is 0 Å². The molecule has 1 amide bonds. The van der Waals surface area contributed by atoms with Gasteiger partial charge in [0.15, 0.2) is 5.58 Å². The van der Waals surface area contributed by atoms with Gasteiger partial charge in [-0.05, 0) is 19.8 Å². The van der Waals surface area contributed by atoms with E-state index < -0.39 is 0 Å². The van der Waals surface area contributed by atoms with Gasteiger partial charge in [-0.15, -0.1) is 0 Å². The molecule has 2 heterocycles. The molecule has 0 saturated carbocycles. The molecule has 4 nitrogen and oxygen atoms in total. The molecule has 1 N–H and O–H groups in total. The van der Waals surface area contributed by atoms with Crippen LogP contribution in [-0.4, -0.2) is 17.0 Å². The van der Waals surface area contributed by atoms with Crippen molar-refractivity contribution in [3.8, 4) is 0 Å². The van der Waals surface area contributed by atoms with E-state index in [0.717, 1.165) is 11.1 Å². The summed E-state index contributed by atoms with van der Waals surface area (Å²) in [5.74, 6) is 0.406. The molecular formula is C14H20N2O2. The number of rotatable bonds is 4. The van der Waals surface area contributed by atoms with Crippen LogP contribution in [0.2, 0.25) is 0 Å². The number of hydrogen-bond acceptors (Lipinski definition) is 2. The fraction of sp³-hybridized carbons (Fsp3) is 0.500. The third-order valence-electron chi connectivity index (χ3n) is 2.88. The molecule has 0 aromatic carbocycles. The number of furan rings is 1. The highest BCUT2D eigenvalue weighted by molar-refractivity contribution is 5.97. The van der Waals surface area contributed by atoms with Crippen molar-refractivity contribution in [3.63, 3.8) is 0 Å². The van der Waals surface area contributed by atoms with Crippen LogP contribution in [0.4, 0.5) is 0 Å². The average molecular weight is 248 g/mol. The van der Waals surface area contributed by atoms with E-state index in [4.69, 9.17) is 4.42 Å². The zero-order valence-corrected chi connectivity index (χ0v) is 11.4. The Morgan fingerprint density at radius 3 is 2.72 bits per heavy atom. The summed E-state index contributed by atoms with van der Waals surface area (Å²) in [5, 5.41) is 2.94. The van der Waals surface area contributed by atoms with E-state index >= 15 is 0 Å². The first-order chi connectivity index (χ1) is 8.50. The molecule has 2 aromatic heterocycles. The summed E-state index contributed by atoms with van der Waals surface area (Å²) in [7, 11) is 0. The minimum atomic E-state index is -0.0381. The maximum absolute atomic E-state index is 12.2. The first-order valence-electron chi connectivity index (χ1n) is 6.37. The van der Waals surface area contributed by atoms with Crippen molar-refractivity contribution < 1.29 is 9.21 Å². The molecule has 0 radical (unpaired) electrons.